The molecule has 1 atom stereocenters. The normalized spacial score (nSPS) is 14.8. The predicted molar refractivity (Wildman–Crippen MR) is 134 cm³/mol. The van der Waals surface area contributed by atoms with E-state index in [0.717, 1.165) is 4.90 Å². The van der Waals surface area contributed by atoms with Gasteiger partial charge in [0.05, 0.1) is 0 Å². The lowest BCUT2D eigenvalue weighted by molar-refractivity contribution is -0.137. The van der Waals surface area contributed by atoms with Gasteiger partial charge in [0, 0.05) is 23.4 Å². The maximum atomic E-state index is 13.5. The highest BCUT2D eigenvalue weighted by Crippen LogP contribution is 2.27. The number of ether oxygens (including phenoxy) is 1. The standard InChI is InChI=1S/C27H26N4O5/c28-25(29)18-11-13-20(14-12-18)31(17-24(32)33)27(35)23-10-5-15-30(23)26(34)19-6-4-9-22(16-19)36-21-7-2-1-3-8-21/h1-4,6-9,11-14,16,23H,5,10,15,17H2,(H3,28,29)(H,32,33)/t23-/m0/s1. The smallest absolute Gasteiger partial charge is 0.323 e. The lowest BCUT2D eigenvalue weighted by atomic mass is 10.1. The first-order chi connectivity index (χ1) is 17.3. The van der Waals surface area contributed by atoms with Gasteiger partial charge in [-0.1, -0.05) is 24.3 Å². The molecule has 0 saturated carbocycles. The molecule has 9 heteroatoms. The molecular weight excluding hydrogens is 460 g/mol. The average Bonchev–Trinajstić information content (AvgIpc) is 3.37. The topological polar surface area (TPSA) is 137 Å². The van der Waals surface area contributed by atoms with Crippen LogP contribution >= 0.6 is 0 Å². The summed E-state index contributed by atoms with van der Waals surface area (Å²) in [5.41, 5.74) is 6.68. The Bertz CT molecular complexity index is 1280. The minimum absolute atomic E-state index is 0.135. The molecule has 0 spiro atoms. The van der Waals surface area contributed by atoms with Gasteiger partial charge in [0.2, 0.25) is 5.91 Å². The van der Waals surface area contributed by atoms with Gasteiger partial charge in [0.1, 0.15) is 29.9 Å². The number of likely N-dealkylation sites (tertiary alicyclic amines) is 1. The van der Waals surface area contributed by atoms with E-state index in [1.807, 2.05) is 30.3 Å². The maximum absolute atomic E-state index is 13.5. The van der Waals surface area contributed by atoms with E-state index in [0.29, 0.717) is 47.7 Å². The van der Waals surface area contributed by atoms with E-state index in [9.17, 15) is 19.5 Å². The molecule has 4 N–H and O–H groups in total. The first-order valence-corrected chi connectivity index (χ1v) is 11.4. The maximum Gasteiger partial charge on any atom is 0.323 e. The summed E-state index contributed by atoms with van der Waals surface area (Å²) in [6, 6.07) is 21.3. The second-order valence-corrected chi connectivity index (χ2v) is 8.38. The summed E-state index contributed by atoms with van der Waals surface area (Å²) in [7, 11) is 0. The van der Waals surface area contributed by atoms with Gasteiger partial charge in [-0.2, -0.15) is 0 Å². The Labute approximate surface area is 208 Å². The number of nitrogens with zero attached hydrogens (tertiary/aromatic N) is 2. The molecule has 3 aromatic carbocycles. The number of carboxylic acid groups (broad SMARTS) is 1. The molecular formula is C27H26N4O5. The highest BCUT2D eigenvalue weighted by Gasteiger charge is 2.38. The van der Waals surface area contributed by atoms with E-state index in [2.05, 4.69) is 0 Å². The van der Waals surface area contributed by atoms with E-state index in [4.69, 9.17) is 15.9 Å². The first kappa shape index (κ1) is 24.5. The van der Waals surface area contributed by atoms with E-state index >= 15 is 0 Å². The quantitative estimate of drug-likeness (QED) is 0.329. The summed E-state index contributed by atoms with van der Waals surface area (Å²) < 4.78 is 5.84. The molecule has 3 aromatic rings. The number of hydrogen-bond donors (Lipinski definition) is 3. The third kappa shape index (κ3) is 5.52. The van der Waals surface area contributed by atoms with Gasteiger partial charge in [0.25, 0.3) is 5.91 Å². The van der Waals surface area contributed by atoms with E-state index in [1.54, 1.807) is 48.5 Å². The molecule has 0 bridgehead atoms. The number of aliphatic carboxylic acids is 1. The highest BCUT2D eigenvalue weighted by atomic mass is 16.5. The summed E-state index contributed by atoms with van der Waals surface area (Å²) in [5, 5.41) is 17.0. The zero-order valence-electron chi connectivity index (χ0n) is 19.5. The molecule has 1 aliphatic heterocycles. The minimum atomic E-state index is -1.18. The van der Waals surface area contributed by atoms with E-state index < -0.39 is 24.5 Å². The molecule has 0 aromatic heterocycles. The molecule has 1 saturated heterocycles. The summed E-state index contributed by atoms with van der Waals surface area (Å²) >= 11 is 0. The van der Waals surface area contributed by atoms with Crippen LogP contribution in [0.4, 0.5) is 5.69 Å². The Morgan fingerprint density at radius 3 is 2.33 bits per heavy atom. The van der Waals surface area contributed by atoms with Gasteiger partial charge in [0.15, 0.2) is 0 Å². The Kier molecular flexibility index (Phi) is 7.29. The largest absolute Gasteiger partial charge is 0.480 e. The van der Waals surface area contributed by atoms with E-state index in [1.165, 1.54) is 4.90 Å². The molecule has 0 radical (unpaired) electrons. The van der Waals surface area contributed by atoms with Crippen LogP contribution in [0.25, 0.3) is 0 Å². The van der Waals surface area contributed by atoms with Gasteiger partial charge in [-0.15, -0.1) is 0 Å². The number of nitrogen functional groups attached to an aromatic ring is 1. The molecule has 1 aliphatic rings. The summed E-state index contributed by atoms with van der Waals surface area (Å²) in [6.45, 7) is -0.180. The predicted octanol–water partition coefficient (Wildman–Crippen LogP) is 3.49. The van der Waals surface area contributed by atoms with Crippen molar-refractivity contribution in [1.82, 2.24) is 4.90 Å². The minimum Gasteiger partial charge on any atom is -0.480 e. The number of para-hydroxylation sites is 1. The number of rotatable bonds is 8. The number of benzene rings is 3. The van der Waals surface area contributed by atoms with Crippen LogP contribution in [0.2, 0.25) is 0 Å². The van der Waals surface area contributed by atoms with Gasteiger partial charge in [-0.25, -0.2) is 0 Å². The fourth-order valence-corrected chi connectivity index (χ4v) is 4.18. The van der Waals surface area contributed by atoms with E-state index in [-0.39, 0.29) is 11.7 Å². The van der Waals surface area contributed by atoms with Crippen molar-refractivity contribution in [2.45, 2.75) is 18.9 Å². The van der Waals surface area contributed by atoms with Crippen molar-refractivity contribution in [2.24, 2.45) is 5.73 Å². The van der Waals surface area contributed by atoms with Crippen molar-refractivity contribution in [2.75, 3.05) is 18.0 Å². The number of carboxylic acids is 1. The fourth-order valence-electron chi connectivity index (χ4n) is 4.18. The molecule has 1 heterocycles. The molecule has 184 valence electrons. The number of carbonyl (C=O) groups is 3. The van der Waals surface area contributed by atoms with Crippen LogP contribution in [0.3, 0.4) is 0 Å². The Hall–Kier alpha value is -4.66. The number of carbonyl (C=O) groups excluding carboxylic acids is 2. The monoisotopic (exact) mass is 486 g/mol. The number of nitrogens with one attached hydrogen (secondary N) is 1. The van der Waals surface area contributed by atoms with Crippen LogP contribution in [-0.2, 0) is 9.59 Å². The first-order valence-electron chi connectivity index (χ1n) is 11.4. The van der Waals surface area contributed by atoms with Crippen molar-refractivity contribution in [3.63, 3.8) is 0 Å². The summed E-state index contributed by atoms with van der Waals surface area (Å²) in [4.78, 5) is 41.1. The molecule has 2 amide bonds. The lowest BCUT2D eigenvalue weighted by Crippen LogP contribution is -2.49. The van der Waals surface area contributed by atoms with Gasteiger partial charge < -0.3 is 20.5 Å². The Morgan fingerprint density at radius 2 is 1.67 bits per heavy atom. The van der Waals surface area contributed by atoms with Crippen LogP contribution in [0.5, 0.6) is 11.5 Å². The third-order valence-electron chi connectivity index (χ3n) is 5.91. The van der Waals surface area contributed by atoms with Gasteiger partial charge >= 0.3 is 5.97 Å². The average molecular weight is 487 g/mol. The number of nitrogens with two attached hydrogens (primary N) is 1. The molecule has 9 nitrogen and oxygen atoms in total. The third-order valence-corrected chi connectivity index (χ3v) is 5.91. The second kappa shape index (κ2) is 10.7. The molecule has 1 fully saturated rings. The van der Waals surface area contributed by atoms with Crippen molar-refractivity contribution in [3.05, 3.63) is 90.0 Å². The van der Waals surface area contributed by atoms with Crippen molar-refractivity contribution in [3.8, 4) is 11.5 Å². The summed E-state index contributed by atoms with van der Waals surface area (Å²) in [6.07, 6.45) is 1.04. The molecule has 4 rings (SSSR count). The highest BCUT2D eigenvalue weighted by molar-refractivity contribution is 6.05. The Morgan fingerprint density at radius 1 is 0.972 bits per heavy atom. The van der Waals surface area contributed by atoms with Crippen LogP contribution in [0, 0.1) is 5.41 Å². The van der Waals surface area contributed by atoms with Crippen LogP contribution in [0.1, 0.15) is 28.8 Å². The number of amidine groups is 1. The number of anilines is 1. The van der Waals surface area contributed by atoms with Gasteiger partial charge in [-0.05, 0) is 67.4 Å². The Balaban J connectivity index is 1.56. The summed E-state index contributed by atoms with van der Waals surface area (Å²) in [5.74, 6) is -0.991. The van der Waals surface area contributed by atoms with Crippen LogP contribution in [0.15, 0.2) is 78.9 Å². The molecule has 0 aliphatic carbocycles. The van der Waals surface area contributed by atoms with Crippen LogP contribution < -0.4 is 15.4 Å². The SMILES string of the molecule is N=C(N)c1ccc(N(CC(=O)O)C(=O)[C@@H]2CCCN2C(=O)c2cccc(Oc3ccccc3)c2)cc1. The van der Waals surface area contributed by atoms with Crippen molar-refractivity contribution >= 4 is 29.3 Å². The van der Waals surface area contributed by atoms with Crippen molar-refractivity contribution < 1.29 is 24.2 Å². The van der Waals surface area contributed by atoms with Crippen LogP contribution in [-0.4, -0.2) is 52.8 Å². The fraction of sp³-hybridized carbons (Fsp3) is 0.185. The van der Waals surface area contributed by atoms with Gasteiger partial charge in [-0.3, -0.25) is 24.7 Å². The van der Waals surface area contributed by atoms with Crippen molar-refractivity contribution in [1.29, 1.82) is 5.41 Å². The zero-order chi connectivity index (χ0) is 25.7. The lowest BCUT2D eigenvalue weighted by Gasteiger charge is -2.30. The number of hydrogen-bond acceptors (Lipinski definition) is 5. The molecule has 36 heavy (non-hydrogen) atoms. The molecule has 0 unspecified atom stereocenters. The second-order valence-electron chi connectivity index (χ2n) is 8.38. The zero-order valence-corrected chi connectivity index (χ0v) is 19.5. The number of amides is 2.